The fourth-order valence-electron chi connectivity index (χ4n) is 2.63. The Bertz CT molecular complexity index is 806. The number of epoxide rings is 1. The van der Waals surface area contributed by atoms with E-state index in [4.69, 9.17) is 10.5 Å². The molecule has 0 saturated carbocycles. The third-order valence-corrected chi connectivity index (χ3v) is 5.52. The fourth-order valence-corrected chi connectivity index (χ4v) is 4.64. The lowest BCUT2D eigenvalue weighted by atomic mass is 10.1. The number of nitrogens with two attached hydrogens (primary N) is 1. The zero-order chi connectivity index (χ0) is 11.9. The Morgan fingerprint density at radius 2 is 1.89 bits per heavy atom. The van der Waals surface area contributed by atoms with Crippen LogP contribution in [-0.4, -0.2) is 12.5 Å². The molecule has 18 heavy (non-hydrogen) atoms. The quantitative estimate of drug-likeness (QED) is 0.551. The van der Waals surface area contributed by atoms with Crippen LogP contribution < -0.4 is 16.4 Å². The van der Waals surface area contributed by atoms with E-state index < -0.39 is 0 Å². The third kappa shape index (κ3) is 1.04. The topological polar surface area (TPSA) is 62.6 Å². The summed E-state index contributed by atoms with van der Waals surface area (Å²) in [5, 5.41) is 12.3. The molecule has 1 saturated heterocycles. The highest BCUT2D eigenvalue weighted by molar-refractivity contribution is 7.28. The minimum atomic E-state index is 0.109. The van der Waals surface area contributed by atoms with Crippen molar-refractivity contribution in [1.29, 1.82) is 0 Å². The molecule has 4 N–H and O–H groups in total. The molecule has 2 unspecified atom stereocenters. The van der Waals surface area contributed by atoms with Crippen LogP contribution >= 0.6 is 22.7 Å². The van der Waals surface area contributed by atoms with Gasteiger partial charge in [0.15, 0.2) is 12.5 Å². The number of thiophene rings is 2. The van der Waals surface area contributed by atoms with Gasteiger partial charge in [0.25, 0.3) is 0 Å². The van der Waals surface area contributed by atoms with Crippen molar-refractivity contribution in [2.75, 3.05) is 16.4 Å². The summed E-state index contributed by atoms with van der Waals surface area (Å²) in [6.45, 7) is 0. The lowest BCUT2D eigenvalue weighted by molar-refractivity contribution is 0.398. The van der Waals surface area contributed by atoms with Gasteiger partial charge in [-0.05, 0) is 17.5 Å². The molecule has 2 aromatic heterocycles. The minimum Gasteiger partial charge on any atom is -0.391 e. The Balaban J connectivity index is 2.01. The van der Waals surface area contributed by atoms with Gasteiger partial charge in [-0.15, -0.1) is 22.7 Å². The lowest BCUT2D eigenvalue weighted by Crippen LogP contribution is -2.20. The van der Waals surface area contributed by atoms with Gasteiger partial charge >= 0.3 is 0 Å². The maximum absolute atomic E-state index is 5.97. The van der Waals surface area contributed by atoms with Crippen LogP contribution in [0.2, 0.25) is 0 Å². The van der Waals surface area contributed by atoms with Gasteiger partial charge < -0.3 is 21.1 Å². The SMILES string of the molecule is Nc1cc2c3c(c4ccsc4c2s1)NC1OC1N3. The normalized spacial score (nSPS) is 24.4. The molecule has 90 valence electrons. The van der Waals surface area contributed by atoms with Crippen LogP contribution in [0, 0.1) is 0 Å². The van der Waals surface area contributed by atoms with Gasteiger partial charge in [-0.1, -0.05) is 0 Å². The van der Waals surface area contributed by atoms with Crippen molar-refractivity contribution in [3.63, 3.8) is 0 Å². The van der Waals surface area contributed by atoms with Crippen LogP contribution in [0.15, 0.2) is 17.5 Å². The second-order valence-electron chi connectivity index (χ2n) is 4.57. The van der Waals surface area contributed by atoms with Gasteiger partial charge in [0.1, 0.15) is 0 Å². The van der Waals surface area contributed by atoms with Crippen LogP contribution in [-0.2, 0) is 4.74 Å². The summed E-state index contributed by atoms with van der Waals surface area (Å²) in [6, 6.07) is 4.21. The molecule has 0 amide bonds. The van der Waals surface area contributed by atoms with Crippen LogP contribution in [0.4, 0.5) is 16.4 Å². The summed E-state index contributed by atoms with van der Waals surface area (Å²) in [5.74, 6) is 0. The van der Waals surface area contributed by atoms with Crippen molar-refractivity contribution in [1.82, 2.24) is 0 Å². The first-order valence-corrected chi connectivity index (χ1v) is 7.41. The van der Waals surface area contributed by atoms with Gasteiger partial charge in [-0.2, -0.15) is 0 Å². The van der Waals surface area contributed by atoms with Crippen molar-refractivity contribution >= 4 is 59.2 Å². The molecule has 6 heteroatoms. The molecule has 2 aliphatic heterocycles. The zero-order valence-electron chi connectivity index (χ0n) is 9.19. The van der Waals surface area contributed by atoms with Gasteiger partial charge in [0.2, 0.25) is 0 Å². The molecule has 0 radical (unpaired) electrons. The van der Waals surface area contributed by atoms with E-state index in [9.17, 15) is 0 Å². The van der Waals surface area contributed by atoms with Crippen molar-refractivity contribution in [3.8, 4) is 0 Å². The molecule has 0 aliphatic carbocycles. The van der Waals surface area contributed by atoms with E-state index in [0.29, 0.717) is 0 Å². The summed E-state index contributed by atoms with van der Waals surface area (Å²) in [4.78, 5) is 0. The van der Waals surface area contributed by atoms with Crippen LogP contribution in [0.1, 0.15) is 0 Å². The minimum absolute atomic E-state index is 0.109. The summed E-state index contributed by atoms with van der Waals surface area (Å²) >= 11 is 3.42. The van der Waals surface area contributed by atoms with Crippen LogP contribution in [0.3, 0.4) is 0 Å². The van der Waals surface area contributed by atoms with Crippen LogP contribution in [0.25, 0.3) is 20.2 Å². The largest absolute Gasteiger partial charge is 0.391 e. The molecule has 0 spiro atoms. The summed E-state index contributed by atoms with van der Waals surface area (Å²) in [6.07, 6.45) is 0.229. The monoisotopic (exact) mass is 275 g/mol. The van der Waals surface area contributed by atoms with E-state index in [0.717, 1.165) is 16.4 Å². The number of nitrogens with one attached hydrogen (secondary N) is 2. The lowest BCUT2D eigenvalue weighted by Gasteiger charge is -2.18. The van der Waals surface area contributed by atoms with Crippen LogP contribution in [0.5, 0.6) is 0 Å². The Morgan fingerprint density at radius 3 is 2.72 bits per heavy atom. The fraction of sp³-hybridized carbons (Fsp3) is 0.167. The van der Waals surface area contributed by atoms with E-state index in [1.165, 1.54) is 20.2 Å². The van der Waals surface area contributed by atoms with Gasteiger partial charge in [-0.25, -0.2) is 0 Å². The van der Waals surface area contributed by atoms with Gasteiger partial charge in [-0.3, -0.25) is 0 Å². The van der Waals surface area contributed by atoms with Crippen molar-refractivity contribution in [2.24, 2.45) is 0 Å². The molecule has 3 aromatic rings. The molecular formula is C12H9N3OS2. The number of anilines is 3. The number of rotatable bonds is 0. The van der Waals surface area contributed by atoms with Gasteiger partial charge in [0, 0.05) is 10.8 Å². The molecule has 1 fully saturated rings. The Labute approximate surface area is 110 Å². The maximum atomic E-state index is 5.97. The molecule has 2 atom stereocenters. The molecule has 4 nitrogen and oxygen atoms in total. The van der Waals surface area contributed by atoms with Crippen molar-refractivity contribution in [2.45, 2.75) is 12.5 Å². The smallest absolute Gasteiger partial charge is 0.175 e. The summed E-state index contributed by atoms with van der Waals surface area (Å²) < 4.78 is 8.07. The highest BCUT2D eigenvalue weighted by Gasteiger charge is 2.44. The number of hydrogen-bond acceptors (Lipinski definition) is 6. The van der Waals surface area contributed by atoms with E-state index in [1.807, 2.05) is 0 Å². The van der Waals surface area contributed by atoms with Gasteiger partial charge in [0.05, 0.1) is 25.8 Å². The summed E-state index contributed by atoms with van der Waals surface area (Å²) in [5.41, 5.74) is 8.25. The van der Waals surface area contributed by atoms with E-state index in [-0.39, 0.29) is 12.5 Å². The Kier molecular flexibility index (Phi) is 1.52. The first kappa shape index (κ1) is 9.43. The highest BCUT2D eigenvalue weighted by atomic mass is 32.1. The predicted octanol–water partition coefficient (Wildman–Crippen LogP) is 3.22. The number of fused-ring (bicyclic) bond motifs is 7. The zero-order valence-corrected chi connectivity index (χ0v) is 10.8. The molecule has 1 aromatic carbocycles. The highest BCUT2D eigenvalue weighted by Crippen LogP contribution is 2.50. The Morgan fingerprint density at radius 1 is 1.11 bits per heavy atom. The number of nitrogen functional groups attached to an aromatic ring is 1. The predicted molar refractivity (Wildman–Crippen MR) is 77.5 cm³/mol. The standard InChI is InChI=1S/C12H9N3OS2/c13-6-3-5-8-7(14-11-12(15-8)16-11)4-1-2-17-9(4)10(5)18-6/h1-3,11-12,14-15H,13H2. The number of hydrogen-bond donors (Lipinski definition) is 3. The first-order chi connectivity index (χ1) is 8.81. The molecule has 2 aliphatic rings. The third-order valence-electron chi connectivity index (χ3n) is 3.48. The van der Waals surface area contributed by atoms with Crippen molar-refractivity contribution in [3.05, 3.63) is 17.5 Å². The second-order valence-corrected chi connectivity index (χ2v) is 6.57. The van der Waals surface area contributed by atoms with E-state index >= 15 is 0 Å². The molecule has 0 bridgehead atoms. The molecule has 5 rings (SSSR count). The summed E-state index contributed by atoms with van der Waals surface area (Å²) in [7, 11) is 0. The average Bonchev–Trinajstić information content (AvgIpc) is 2.78. The van der Waals surface area contributed by atoms with E-state index in [1.54, 1.807) is 22.7 Å². The average molecular weight is 275 g/mol. The maximum Gasteiger partial charge on any atom is 0.175 e. The first-order valence-electron chi connectivity index (χ1n) is 5.72. The van der Waals surface area contributed by atoms with Crippen molar-refractivity contribution < 1.29 is 4.74 Å². The number of benzene rings is 1. The Hall–Kier alpha value is -1.50. The number of ether oxygens (including phenoxy) is 1. The molecule has 4 heterocycles. The molecular weight excluding hydrogens is 266 g/mol. The second kappa shape index (κ2) is 2.90. The van der Waals surface area contributed by atoms with E-state index in [2.05, 4.69) is 28.1 Å².